The first kappa shape index (κ1) is 23.8. The number of fused-ring (bicyclic) bond motifs is 1. The minimum Gasteiger partial charge on any atom is -0.505 e. The Bertz CT molecular complexity index is 1550. The van der Waals surface area contributed by atoms with Crippen LogP contribution in [0.25, 0.3) is 10.8 Å². The SMILES string of the molecule is COc1ccccc1N=Nc1ccc2cc(S(=O)(=O)OC)c(N=Nc3ccccc3)c(O)c2c1N. The standard InChI is InChI=1S/C24H21N5O5S/c1-33-19-11-7-6-10-17(19)27-28-18-13-12-15-14-20(35(31,32)34-2)23(24(30)21(15)22(18)25)29-26-16-8-4-3-5-9-16/h3-14,30H,25H2,1-2H3. The number of nitrogens with two attached hydrogens (primary N) is 1. The number of phenols is 1. The van der Waals surface area contributed by atoms with Crippen molar-refractivity contribution in [1.82, 2.24) is 0 Å². The molecule has 11 heteroatoms. The number of hydrogen-bond acceptors (Lipinski definition) is 10. The van der Waals surface area contributed by atoms with Gasteiger partial charge in [-0.3, -0.25) is 4.18 Å². The number of nitrogens with zero attached hydrogens (tertiary/aromatic N) is 4. The minimum absolute atomic E-state index is 0.0798. The molecule has 0 aliphatic heterocycles. The largest absolute Gasteiger partial charge is 0.505 e. The average molecular weight is 492 g/mol. The lowest BCUT2D eigenvalue weighted by atomic mass is 10.1. The molecule has 0 aliphatic carbocycles. The van der Waals surface area contributed by atoms with Crippen LogP contribution in [0.1, 0.15) is 0 Å². The summed E-state index contributed by atoms with van der Waals surface area (Å²) in [6, 6.07) is 20.1. The van der Waals surface area contributed by atoms with Crippen molar-refractivity contribution in [2.75, 3.05) is 20.0 Å². The summed E-state index contributed by atoms with van der Waals surface area (Å²) in [4.78, 5) is -0.354. The summed E-state index contributed by atoms with van der Waals surface area (Å²) in [5, 5.41) is 28.0. The van der Waals surface area contributed by atoms with Gasteiger partial charge in [0.1, 0.15) is 27.7 Å². The van der Waals surface area contributed by atoms with Crippen molar-refractivity contribution in [3.63, 3.8) is 0 Å². The van der Waals surface area contributed by atoms with Crippen LogP contribution in [-0.2, 0) is 14.3 Å². The maximum absolute atomic E-state index is 12.6. The number of azo groups is 2. The molecule has 0 radical (unpaired) electrons. The van der Waals surface area contributed by atoms with Gasteiger partial charge in [-0.25, -0.2) is 0 Å². The lowest BCUT2D eigenvalue weighted by Gasteiger charge is -2.12. The summed E-state index contributed by atoms with van der Waals surface area (Å²) in [5.41, 5.74) is 7.29. The van der Waals surface area contributed by atoms with E-state index in [4.69, 9.17) is 10.5 Å². The molecule has 4 rings (SSSR count). The molecule has 4 aromatic carbocycles. The number of aromatic hydroxyl groups is 1. The summed E-state index contributed by atoms with van der Waals surface area (Å²) >= 11 is 0. The molecule has 35 heavy (non-hydrogen) atoms. The van der Waals surface area contributed by atoms with Crippen LogP contribution in [0.3, 0.4) is 0 Å². The first-order valence-corrected chi connectivity index (χ1v) is 11.7. The Morgan fingerprint density at radius 1 is 0.829 bits per heavy atom. The quantitative estimate of drug-likeness (QED) is 0.176. The maximum atomic E-state index is 12.6. The molecule has 10 nitrogen and oxygen atoms in total. The highest BCUT2D eigenvalue weighted by Crippen LogP contribution is 2.46. The van der Waals surface area contributed by atoms with Gasteiger partial charge in [0.15, 0.2) is 5.75 Å². The smallest absolute Gasteiger partial charge is 0.299 e. The highest BCUT2D eigenvalue weighted by Gasteiger charge is 2.25. The van der Waals surface area contributed by atoms with Crippen molar-refractivity contribution in [3.05, 3.63) is 72.8 Å². The van der Waals surface area contributed by atoms with E-state index in [0.717, 1.165) is 7.11 Å². The van der Waals surface area contributed by atoms with Gasteiger partial charge in [0.2, 0.25) is 0 Å². The monoisotopic (exact) mass is 491 g/mol. The molecule has 0 atom stereocenters. The highest BCUT2D eigenvalue weighted by molar-refractivity contribution is 7.87. The van der Waals surface area contributed by atoms with Crippen molar-refractivity contribution in [1.29, 1.82) is 0 Å². The van der Waals surface area contributed by atoms with E-state index in [2.05, 4.69) is 24.6 Å². The van der Waals surface area contributed by atoms with Crippen molar-refractivity contribution in [2.45, 2.75) is 4.90 Å². The van der Waals surface area contributed by atoms with Crippen LogP contribution in [0.2, 0.25) is 0 Å². The Hall–Kier alpha value is -4.35. The summed E-state index contributed by atoms with van der Waals surface area (Å²) in [6.45, 7) is 0. The third kappa shape index (κ3) is 4.81. The number of nitrogen functional groups attached to an aromatic ring is 1. The second kappa shape index (κ2) is 9.87. The van der Waals surface area contributed by atoms with E-state index in [0.29, 0.717) is 22.5 Å². The Balaban J connectivity index is 1.89. The first-order chi connectivity index (χ1) is 16.9. The highest BCUT2D eigenvalue weighted by atomic mass is 32.2. The molecular weight excluding hydrogens is 470 g/mol. The van der Waals surface area contributed by atoms with Crippen LogP contribution in [0, 0.1) is 0 Å². The van der Waals surface area contributed by atoms with E-state index in [1.807, 2.05) is 0 Å². The number of anilines is 1. The number of methoxy groups -OCH3 is 1. The molecular formula is C24H21N5O5S. The number of benzene rings is 4. The van der Waals surface area contributed by atoms with Crippen LogP contribution in [0.5, 0.6) is 11.5 Å². The number of hydrogen-bond donors (Lipinski definition) is 2. The Morgan fingerprint density at radius 3 is 2.23 bits per heavy atom. The molecule has 0 saturated carbocycles. The summed E-state index contributed by atoms with van der Waals surface area (Å²) in [6.07, 6.45) is 0. The molecule has 3 N–H and O–H groups in total. The summed E-state index contributed by atoms with van der Waals surface area (Å²) in [7, 11) is -1.69. The zero-order chi connectivity index (χ0) is 25.0. The topological polar surface area (TPSA) is 148 Å². The Labute approximate surface area is 201 Å². The van der Waals surface area contributed by atoms with E-state index in [1.165, 1.54) is 13.2 Å². The minimum atomic E-state index is -4.23. The van der Waals surface area contributed by atoms with Gasteiger partial charge in [0.25, 0.3) is 10.1 Å². The fourth-order valence-corrected chi connectivity index (χ4v) is 4.17. The molecule has 4 aromatic rings. The van der Waals surface area contributed by atoms with Gasteiger partial charge in [-0.2, -0.15) is 13.5 Å². The summed E-state index contributed by atoms with van der Waals surface area (Å²) in [5.74, 6) is 0.0427. The zero-order valence-electron chi connectivity index (χ0n) is 18.8. The van der Waals surface area contributed by atoms with Crippen molar-refractivity contribution in [2.24, 2.45) is 20.5 Å². The number of para-hydroxylation sites is 1. The van der Waals surface area contributed by atoms with Crippen LogP contribution in [-0.4, -0.2) is 27.7 Å². The maximum Gasteiger partial charge on any atom is 0.299 e. The lowest BCUT2D eigenvalue weighted by molar-refractivity contribution is 0.397. The van der Waals surface area contributed by atoms with E-state index < -0.39 is 15.9 Å². The van der Waals surface area contributed by atoms with Gasteiger partial charge in [-0.15, -0.1) is 15.3 Å². The molecule has 0 saturated heterocycles. The molecule has 0 bridgehead atoms. The molecule has 0 aliphatic rings. The van der Waals surface area contributed by atoms with Crippen LogP contribution in [0.15, 0.2) is 98.1 Å². The van der Waals surface area contributed by atoms with Crippen LogP contribution in [0.4, 0.5) is 28.4 Å². The van der Waals surface area contributed by atoms with Gasteiger partial charge in [-0.05, 0) is 41.8 Å². The number of ether oxygens (including phenoxy) is 1. The second-order valence-corrected chi connectivity index (χ2v) is 8.88. The normalized spacial score (nSPS) is 12.1. The molecule has 178 valence electrons. The van der Waals surface area contributed by atoms with Gasteiger partial charge in [-0.1, -0.05) is 36.4 Å². The second-order valence-electron chi connectivity index (χ2n) is 7.20. The zero-order valence-corrected chi connectivity index (χ0v) is 19.6. The van der Waals surface area contributed by atoms with Gasteiger partial charge >= 0.3 is 0 Å². The van der Waals surface area contributed by atoms with E-state index in [1.54, 1.807) is 66.7 Å². The van der Waals surface area contributed by atoms with Crippen molar-refractivity contribution in [3.8, 4) is 11.5 Å². The van der Waals surface area contributed by atoms with Gasteiger partial charge in [0.05, 0.1) is 31.0 Å². The molecule has 0 unspecified atom stereocenters. The van der Waals surface area contributed by atoms with Crippen molar-refractivity contribution >= 4 is 49.3 Å². The number of phenolic OH excluding ortho intramolecular Hbond substituents is 1. The van der Waals surface area contributed by atoms with E-state index in [-0.39, 0.29) is 27.3 Å². The van der Waals surface area contributed by atoms with Crippen LogP contribution >= 0.6 is 0 Å². The van der Waals surface area contributed by atoms with E-state index in [9.17, 15) is 13.5 Å². The average Bonchev–Trinajstić information content (AvgIpc) is 2.88. The van der Waals surface area contributed by atoms with Gasteiger partial charge in [0, 0.05) is 0 Å². The van der Waals surface area contributed by atoms with Gasteiger partial charge < -0.3 is 15.6 Å². The Morgan fingerprint density at radius 2 is 1.51 bits per heavy atom. The van der Waals surface area contributed by atoms with E-state index >= 15 is 0 Å². The molecule has 0 fully saturated rings. The molecule has 0 amide bonds. The Kier molecular flexibility index (Phi) is 6.71. The lowest BCUT2D eigenvalue weighted by Crippen LogP contribution is -2.04. The molecule has 0 heterocycles. The number of rotatable bonds is 7. The summed E-state index contributed by atoms with van der Waals surface area (Å²) < 4.78 is 35.1. The molecule has 0 aromatic heterocycles. The third-order valence-electron chi connectivity index (χ3n) is 5.10. The van der Waals surface area contributed by atoms with Crippen molar-refractivity contribution < 1.29 is 22.4 Å². The molecule has 0 spiro atoms. The fourth-order valence-electron chi connectivity index (χ4n) is 3.34. The first-order valence-electron chi connectivity index (χ1n) is 10.3. The predicted molar refractivity (Wildman–Crippen MR) is 132 cm³/mol. The van der Waals surface area contributed by atoms with Crippen LogP contribution < -0.4 is 10.5 Å². The third-order valence-corrected chi connectivity index (χ3v) is 6.39. The predicted octanol–water partition coefficient (Wildman–Crippen LogP) is 6.30. The fraction of sp³-hybridized carbons (Fsp3) is 0.0833.